The largest absolute Gasteiger partial charge is 0.378 e. The van der Waals surface area contributed by atoms with Crippen molar-refractivity contribution in [1.29, 1.82) is 0 Å². The number of amides is 1. The van der Waals surface area contributed by atoms with Gasteiger partial charge >= 0.3 is 0 Å². The van der Waals surface area contributed by atoms with Crippen LogP contribution in [0.25, 0.3) is 0 Å². The average molecular weight is 233 g/mol. The number of rotatable bonds is 4. The van der Waals surface area contributed by atoms with Crippen molar-refractivity contribution in [1.82, 2.24) is 5.43 Å². The molecule has 0 aliphatic heterocycles. The van der Waals surface area contributed by atoms with Crippen LogP contribution in [0.1, 0.15) is 19.4 Å². The molecule has 0 saturated carbocycles. The first-order valence-corrected chi connectivity index (χ1v) is 5.61. The van der Waals surface area contributed by atoms with Crippen LogP contribution in [-0.2, 0) is 4.79 Å². The van der Waals surface area contributed by atoms with Crippen LogP contribution in [0.15, 0.2) is 29.4 Å². The average Bonchev–Trinajstić information content (AvgIpc) is 2.29. The zero-order chi connectivity index (χ0) is 12.8. The summed E-state index contributed by atoms with van der Waals surface area (Å²) in [6.07, 6.45) is 1.64. The molecule has 92 valence electrons. The van der Waals surface area contributed by atoms with Gasteiger partial charge in [0, 0.05) is 25.7 Å². The van der Waals surface area contributed by atoms with Crippen LogP contribution in [-0.4, -0.2) is 26.2 Å². The molecule has 0 saturated heterocycles. The lowest BCUT2D eigenvalue weighted by Crippen LogP contribution is -2.22. The zero-order valence-corrected chi connectivity index (χ0v) is 10.8. The Morgan fingerprint density at radius 3 is 2.35 bits per heavy atom. The molecule has 1 aromatic carbocycles. The highest BCUT2D eigenvalue weighted by molar-refractivity contribution is 5.83. The second-order valence-electron chi connectivity index (χ2n) is 4.37. The maximum Gasteiger partial charge on any atom is 0.242 e. The molecule has 1 amide bonds. The SMILES string of the molecule is CC(C)C(=O)N/N=C/c1ccc(N(C)C)cc1. The van der Waals surface area contributed by atoms with E-state index in [9.17, 15) is 4.79 Å². The van der Waals surface area contributed by atoms with E-state index < -0.39 is 0 Å². The first kappa shape index (κ1) is 13.2. The number of hydrogen-bond acceptors (Lipinski definition) is 3. The fourth-order valence-electron chi connectivity index (χ4n) is 1.16. The van der Waals surface area contributed by atoms with E-state index in [1.54, 1.807) is 6.21 Å². The van der Waals surface area contributed by atoms with Crippen LogP contribution >= 0.6 is 0 Å². The van der Waals surface area contributed by atoms with Gasteiger partial charge in [0.1, 0.15) is 0 Å². The number of carbonyl (C=O) groups is 1. The van der Waals surface area contributed by atoms with Crippen molar-refractivity contribution in [3.8, 4) is 0 Å². The highest BCUT2D eigenvalue weighted by Crippen LogP contribution is 2.10. The Kier molecular flexibility index (Phi) is 4.69. The predicted molar refractivity (Wildman–Crippen MR) is 71.3 cm³/mol. The van der Waals surface area contributed by atoms with Gasteiger partial charge in [-0.3, -0.25) is 4.79 Å². The smallest absolute Gasteiger partial charge is 0.242 e. The van der Waals surface area contributed by atoms with E-state index in [0.717, 1.165) is 11.3 Å². The summed E-state index contributed by atoms with van der Waals surface area (Å²) in [4.78, 5) is 13.3. The Morgan fingerprint density at radius 2 is 1.88 bits per heavy atom. The fraction of sp³-hybridized carbons (Fsp3) is 0.385. The molecular formula is C13H19N3O. The molecule has 0 spiro atoms. The highest BCUT2D eigenvalue weighted by atomic mass is 16.2. The van der Waals surface area contributed by atoms with Gasteiger partial charge in [0.15, 0.2) is 0 Å². The standard InChI is InChI=1S/C13H19N3O/c1-10(2)13(17)15-14-9-11-5-7-12(8-6-11)16(3)4/h5-10H,1-4H3,(H,15,17)/b14-9+. The number of anilines is 1. The quantitative estimate of drug-likeness (QED) is 0.637. The molecule has 0 aliphatic rings. The van der Waals surface area contributed by atoms with Gasteiger partial charge in [-0.05, 0) is 17.7 Å². The first-order chi connectivity index (χ1) is 8.00. The lowest BCUT2D eigenvalue weighted by atomic mass is 10.2. The molecule has 0 unspecified atom stereocenters. The second kappa shape index (κ2) is 6.03. The van der Waals surface area contributed by atoms with E-state index >= 15 is 0 Å². The number of nitrogens with zero attached hydrogens (tertiary/aromatic N) is 2. The molecule has 0 radical (unpaired) electrons. The Labute approximate surface area is 102 Å². The zero-order valence-electron chi connectivity index (χ0n) is 10.8. The van der Waals surface area contributed by atoms with Gasteiger partial charge in [-0.1, -0.05) is 26.0 Å². The molecule has 4 heteroatoms. The molecule has 0 atom stereocenters. The maximum absolute atomic E-state index is 11.2. The summed E-state index contributed by atoms with van der Waals surface area (Å²) >= 11 is 0. The molecule has 0 fully saturated rings. The highest BCUT2D eigenvalue weighted by Gasteiger charge is 2.03. The van der Waals surface area contributed by atoms with Crippen molar-refractivity contribution < 1.29 is 4.79 Å². The number of hydrogen-bond donors (Lipinski definition) is 1. The Balaban J connectivity index is 2.57. The molecule has 1 rings (SSSR count). The van der Waals surface area contributed by atoms with Crippen LogP contribution in [0.4, 0.5) is 5.69 Å². The van der Waals surface area contributed by atoms with E-state index in [2.05, 4.69) is 10.5 Å². The predicted octanol–water partition coefficient (Wildman–Crippen LogP) is 1.86. The normalized spacial score (nSPS) is 10.9. The minimum Gasteiger partial charge on any atom is -0.378 e. The molecular weight excluding hydrogens is 214 g/mol. The molecule has 1 aromatic rings. The minimum absolute atomic E-state index is 0.0525. The van der Waals surface area contributed by atoms with E-state index in [4.69, 9.17) is 0 Å². The molecule has 0 aliphatic carbocycles. The summed E-state index contributed by atoms with van der Waals surface area (Å²) in [5, 5.41) is 3.90. The van der Waals surface area contributed by atoms with Crippen LogP contribution in [0.2, 0.25) is 0 Å². The Hall–Kier alpha value is -1.84. The van der Waals surface area contributed by atoms with Gasteiger partial charge in [0.25, 0.3) is 0 Å². The van der Waals surface area contributed by atoms with Gasteiger partial charge in [-0.25, -0.2) is 5.43 Å². The van der Waals surface area contributed by atoms with Crippen molar-refractivity contribution >= 4 is 17.8 Å². The molecule has 0 bridgehead atoms. The fourth-order valence-corrected chi connectivity index (χ4v) is 1.16. The number of nitrogens with one attached hydrogen (secondary N) is 1. The summed E-state index contributed by atoms with van der Waals surface area (Å²) < 4.78 is 0. The van der Waals surface area contributed by atoms with E-state index in [0.29, 0.717) is 0 Å². The lowest BCUT2D eigenvalue weighted by Gasteiger charge is -2.11. The van der Waals surface area contributed by atoms with E-state index in [1.165, 1.54) is 0 Å². The van der Waals surface area contributed by atoms with Crippen molar-refractivity contribution in [3.63, 3.8) is 0 Å². The van der Waals surface area contributed by atoms with E-state index in [1.807, 2.05) is 57.1 Å². The van der Waals surface area contributed by atoms with Gasteiger partial charge < -0.3 is 4.90 Å². The van der Waals surface area contributed by atoms with Gasteiger partial charge in [-0.2, -0.15) is 5.10 Å². The van der Waals surface area contributed by atoms with Crippen LogP contribution in [0, 0.1) is 5.92 Å². The van der Waals surface area contributed by atoms with Crippen molar-refractivity contribution in [2.45, 2.75) is 13.8 Å². The lowest BCUT2D eigenvalue weighted by molar-refractivity contribution is -0.123. The number of benzene rings is 1. The van der Waals surface area contributed by atoms with Crippen LogP contribution < -0.4 is 10.3 Å². The van der Waals surface area contributed by atoms with Crippen LogP contribution in [0.5, 0.6) is 0 Å². The van der Waals surface area contributed by atoms with Gasteiger partial charge in [0.2, 0.25) is 5.91 Å². The van der Waals surface area contributed by atoms with Gasteiger partial charge in [-0.15, -0.1) is 0 Å². The molecule has 0 aromatic heterocycles. The Morgan fingerprint density at radius 1 is 1.29 bits per heavy atom. The summed E-state index contributed by atoms with van der Waals surface area (Å²) in [7, 11) is 3.98. The number of hydrazone groups is 1. The van der Waals surface area contributed by atoms with Crippen molar-refractivity contribution in [2.24, 2.45) is 11.0 Å². The Bertz CT molecular complexity index is 394. The molecule has 0 heterocycles. The second-order valence-corrected chi connectivity index (χ2v) is 4.37. The summed E-state index contributed by atoms with van der Waals surface area (Å²) in [5.41, 5.74) is 4.58. The monoisotopic (exact) mass is 233 g/mol. The minimum atomic E-state index is -0.0776. The summed E-state index contributed by atoms with van der Waals surface area (Å²) in [6, 6.07) is 7.93. The molecule has 4 nitrogen and oxygen atoms in total. The van der Waals surface area contributed by atoms with E-state index in [-0.39, 0.29) is 11.8 Å². The molecule has 17 heavy (non-hydrogen) atoms. The third-order valence-corrected chi connectivity index (χ3v) is 2.32. The van der Waals surface area contributed by atoms with Crippen molar-refractivity contribution in [3.05, 3.63) is 29.8 Å². The topological polar surface area (TPSA) is 44.7 Å². The third kappa shape index (κ3) is 4.26. The van der Waals surface area contributed by atoms with Gasteiger partial charge in [0.05, 0.1) is 6.21 Å². The summed E-state index contributed by atoms with van der Waals surface area (Å²) in [5.74, 6) is -0.130. The van der Waals surface area contributed by atoms with Crippen LogP contribution in [0.3, 0.4) is 0 Å². The van der Waals surface area contributed by atoms with Crippen molar-refractivity contribution in [2.75, 3.05) is 19.0 Å². The number of carbonyl (C=O) groups excluding carboxylic acids is 1. The third-order valence-electron chi connectivity index (χ3n) is 2.32. The first-order valence-electron chi connectivity index (χ1n) is 5.61. The maximum atomic E-state index is 11.2. The molecule has 1 N–H and O–H groups in total. The summed E-state index contributed by atoms with van der Waals surface area (Å²) in [6.45, 7) is 3.66.